The van der Waals surface area contributed by atoms with Crippen molar-refractivity contribution in [3.8, 4) is 18.4 Å². The Labute approximate surface area is 342 Å². The number of aliphatic hydroxyl groups excluding tert-OH is 2. The second-order valence-electron chi connectivity index (χ2n) is 14.8. The molecule has 1 fully saturated rings. The minimum Gasteiger partial charge on any atom is -0.387 e. The summed E-state index contributed by atoms with van der Waals surface area (Å²) in [7, 11) is -4.80. The molecule has 1 aliphatic heterocycles. The Balaban J connectivity index is 1.21. The lowest BCUT2D eigenvalue weighted by molar-refractivity contribution is -0.0682. The molecule has 0 saturated carbocycles. The van der Waals surface area contributed by atoms with E-state index in [2.05, 4.69) is 35.1 Å². The van der Waals surface area contributed by atoms with Crippen molar-refractivity contribution in [1.82, 2.24) is 14.6 Å². The summed E-state index contributed by atoms with van der Waals surface area (Å²) in [5.74, 6) is 1.80. The molecule has 1 aromatic carbocycles. The predicted octanol–water partition coefficient (Wildman–Crippen LogP) is 7.77. The van der Waals surface area contributed by atoms with E-state index in [1.54, 1.807) is 19.1 Å². The lowest BCUT2D eigenvalue weighted by Crippen LogP contribution is -2.41. The molecule has 0 spiro atoms. The number of hydrogen-bond donors (Lipinski definition) is 3. The summed E-state index contributed by atoms with van der Waals surface area (Å²) >= 11 is 0. The highest BCUT2D eigenvalue weighted by Gasteiger charge is 2.56. The van der Waals surface area contributed by atoms with Gasteiger partial charge in [0, 0.05) is 12.2 Å². The third-order valence-electron chi connectivity index (χ3n) is 10.3. The summed E-state index contributed by atoms with van der Waals surface area (Å²) in [5.41, 5.74) is -0.0104. The number of rotatable bonds is 28. The van der Waals surface area contributed by atoms with Crippen molar-refractivity contribution in [2.45, 2.75) is 140 Å². The van der Waals surface area contributed by atoms with Gasteiger partial charge < -0.3 is 29.3 Å². The van der Waals surface area contributed by atoms with Crippen LogP contribution in [0.3, 0.4) is 0 Å². The van der Waals surface area contributed by atoms with Gasteiger partial charge in [-0.15, -0.1) is 6.42 Å². The van der Waals surface area contributed by atoms with Crippen LogP contribution in [0.5, 0.6) is 0 Å². The molecule has 15 heteroatoms. The standard InChI is InChI=1S/C43H60FN4O9P/c1-4-6-7-8-9-10-11-12-13-14-15-16-17-18-19-20-25-53-29-36(54-28-35-22-21-34(27-45)26-37(35)44)30-55-58(51,52)56-31-39-41(49)42(50)43(5-2,57-39)40-24-23-38-33(3)46-32-47-48(38)40/h2,12-13,21-24,26,32,36,39,41-42,49-50H,4,6-11,14-20,25,28-31H2,1,3H3,(H,51,52)/b13-12+/t36-,39-,41-,42-,43+/m1/s1. The molecule has 6 atom stereocenters. The third-order valence-corrected chi connectivity index (χ3v) is 11.2. The van der Waals surface area contributed by atoms with Crippen LogP contribution < -0.4 is 0 Å². The van der Waals surface area contributed by atoms with Crippen LogP contribution in [-0.2, 0) is 40.0 Å². The second kappa shape index (κ2) is 24.5. The second-order valence-corrected chi connectivity index (χ2v) is 16.2. The summed E-state index contributed by atoms with van der Waals surface area (Å²) in [6.07, 6.45) is 23.0. The van der Waals surface area contributed by atoms with Crippen molar-refractivity contribution >= 4 is 13.3 Å². The molecule has 0 radical (unpaired) electrons. The fourth-order valence-electron chi connectivity index (χ4n) is 6.83. The zero-order valence-corrected chi connectivity index (χ0v) is 34.7. The zero-order chi connectivity index (χ0) is 41.8. The first-order valence-electron chi connectivity index (χ1n) is 20.5. The van der Waals surface area contributed by atoms with Gasteiger partial charge in [0.25, 0.3) is 0 Å². The van der Waals surface area contributed by atoms with Crippen molar-refractivity contribution in [3.63, 3.8) is 0 Å². The molecule has 3 aromatic rings. The molecule has 0 bridgehead atoms. The molecule has 0 aliphatic carbocycles. The Kier molecular flexibility index (Phi) is 19.9. The molecule has 318 valence electrons. The number of hydrogen-bond acceptors (Lipinski definition) is 11. The highest BCUT2D eigenvalue weighted by molar-refractivity contribution is 7.47. The molecule has 58 heavy (non-hydrogen) atoms. The van der Waals surface area contributed by atoms with Crippen molar-refractivity contribution in [1.29, 1.82) is 5.26 Å². The first kappa shape index (κ1) is 47.2. The fourth-order valence-corrected chi connectivity index (χ4v) is 7.60. The smallest absolute Gasteiger partial charge is 0.387 e. The van der Waals surface area contributed by atoms with Gasteiger partial charge in [0.05, 0.1) is 55.0 Å². The van der Waals surface area contributed by atoms with Gasteiger partial charge in [-0.1, -0.05) is 88.8 Å². The minimum absolute atomic E-state index is 0.0153. The van der Waals surface area contributed by atoms with Crippen LogP contribution in [-0.4, -0.2) is 80.5 Å². The number of halogens is 1. The molecule has 1 aliphatic rings. The monoisotopic (exact) mass is 826 g/mol. The van der Waals surface area contributed by atoms with Gasteiger partial charge in [-0.25, -0.2) is 18.5 Å². The number of benzene rings is 1. The Bertz CT molecular complexity index is 1860. The van der Waals surface area contributed by atoms with E-state index in [4.69, 9.17) is 34.9 Å². The van der Waals surface area contributed by atoms with E-state index in [1.165, 1.54) is 80.8 Å². The largest absolute Gasteiger partial charge is 0.472 e. The molecule has 1 saturated heterocycles. The van der Waals surface area contributed by atoms with Gasteiger partial charge in [-0.05, 0) is 63.3 Å². The van der Waals surface area contributed by atoms with Gasteiger partial charge >= 0.3 is 7.82 Å². The number of nitrogens with zero attached hydrogens (tertiary/aromatic N) is 4. The summed E-state index contributed by atoms with van der Waals surface area (Å²) in [6.45, 7) is 3.09. The number of terminal acetylenes is 1. The average Bonchev–Trinajstić information content (AvgIpc) is 3.77. The average molecular weight is 827 g/mol. The summed E-state index contributed by atoms with van der Waals surface area (Å²) in [6, 6.07) is 9.18. The summed E-state index contributed by atoms with van der Waals surface area (Å²) in [4.78, 5) is 14.7. The van der Waals surface area contributed by atoms with E-state index in [1.807, 2.05) is 6.07 Å². The molecule has 1 unspecified atom stereocenters. The Hall–Kier alpha value is -3.53. The number of phosphoric ester groups is 1. The number of fused-ring (bicyclic) bond motifs is 1. The van der Waals surface area contributed by atoms with Gasteiger partial charge in [-0.2, -0.15) is 10.4 Å². The summed E-state index contributed by atoms with van der Waals surface area (Å²) < 4.78 is 57.2. The van der Waals surface area contributed by atoms with Gasteiger partial charge in [0.15, 0.2) is 5.60 Å². The lowest BCUT2D eigenvalue weighted by Gasteiger charge is -2.26. The van der Waals surface area contributed by atoms with Crippen LogP contribution in [0.15, 0.2) is 48.8 Å². The Morgan fingerprint density at radius 1 is 1.02 bits per heavy atom. The summed E-state index contributed by atoms with van der Waals surface area (Å²) in [5, 5.41) is 35.2. The first-order valence-corrected chi connectivity index (χ1v) is 22.0. The molecule has 13 nitrogen and oxygen atoms in total. The van der Waals surface area contributed by atoms with Crippen LogP contribution >= 0.6 is 7.82 Å². The van der Waals surface area contributed by atoms with E-state index < -0.39 is 56.9 Å². The van der Waals surface area contributed by atoms with Crippen molar-refractivity contribution in [2.24, 2.45) is 0 Å². The molecule has 3 heterocycles. The van der Waals surface area contributed by atoms with E-state index in [0.29, 0.717) is 17.8 Å². The Morgan fingerprint density at radius 2 is 1.71 bits per heavy atom. The van der Waals surface area contributed by atoms with Gasteiger partial charge in [0.1, 0.15) is 36.6 Å². The first-order chi connectivity index (χ1) is 28.0. The quantitative estimate of drug-likeness (QED) is 0.0281. The maximum Gasteiger partial charge on any atom is 0.472 e. The molecule has 2 aromatic heterocycles. The fraction of sp³-hybridized carbons (Fsp3) is 0.605. The predicted molar refractivity (Wildman–Crippen MR) is 217 cm³/mol. The molecule has 4 rings (SSSR count). The highest BCUT2D eigenvalue weighted by Crippen LogP contribution is 2.46. The molecular formula is C43H60FN4O9P. The number of aliphatic hydroxyl groups is 2. The normalized spacial score (nSPS) is 21.0. The highest BCUT2D eigenvalue weighted by atomic mass is 31.2. The zero-order valence-electron chi connectivity index (χ0n) is 33.8. The SMILES string of the molecule is C#C[C@@]1(c2ccc3c(C)ncnn23)O[C@H](COP(=O)(O)OC[C@@H](COCCCCCCCC/C=C/CCCCCCCC)OCc2ccc(C#N)cc2F)[C@@H](O)[C@H]1O. The van der Waals surface area contributed by atoms with Crippen molar-refractivity contribution in [2.75, 3.05) is 26.4 Å². The number of aromatic nitrogens is 3. The number of allylic oxidation sites excluding steroid dienone is 2. The van der Waals surface area contributed by atoms with Crippen LogP contribution in [0.2, 0.25) is 0 Å². The van der Waals surface area contributed by atoms with E-state index >= 15 is 0 Å². The van der Waals surface area contributed by atoms with Crippen LogP contribution in [0, 0.1) is 36.4 Å². The lowest BCUT2D eigenvalue weighted by atomic mass is 9.92. The maximum atomic E-state index is 14.6. The number of phosphoric acid groups is 1. The van der Waals surface area contributed by atoms with Crippen LogP contribution in [0.25, 0.3) is 5.52 Å². The molecule has 3 N–H and O–H groups in total. The maximum absolute atomic E-state index is 14.6. The van der Waals surface area contributed by atoms with E-state index in [-0.39, 0.29) is 30.0 Å². The third kappa shape index (κ3) is 14.0. The topological polar surface area (TPSA) is 178 Å². The van der Waals surface area contributed by atoms with Gasteiger partial charge in [-0.3, -0.25) is 9.05 Å². The molecular weight excluding hydrogens is 766 g/mol. The molecule has 0 amide bonds. The van der Waals surface area contributed by atoms with Crippen molar-refractivity contribution < 1.29 is 47.3 Å². The van der Waals surface area contributed by atoms with Gasteiger partial charge in [0.2, 0.25) is 0 Å². The van der Waals surface area contributed by atoms with Crippen LogP contribution in [0.4, 0.5) is 4.39 Å². The van der Waals surface area contributed by atoms with E-state index in [9.17, 15) is 24.1 Å². The van der Waals surface area contributed by atoms with Crippen molar-refractivity contribution in [3.05, 3.63) is 77.1 Å². The van der Waals surface area contributed by atoms with E-state index in [0.717, 1.165) is 38.2 Å². The number of ether oxygens (including phenoxy) is 3. The minimum atomic E-state index is -4.80. The van der Waals surface area contributed by atoms with Crippen LogP contribution in [0.1, 0.15) is 119 Å². The number of nitriles is 1. The number of aryl methyl sites for hydroxylation is 1. The number of unbranched alkanes of at least 4 members (excludes halogenated alkanes) is 12. The Morgan fingerprint density at radius 3 is 2.38 bits per heavy atom.